The van der Waals surface area contributed by atoms with Gasteiger partial charge in [0, 0.05) is 29.5 Å². The zero-order chi connectivity index (χ0) is 17.8. The Kier molecular flexibility index (Phi) is 4.69. The highest BCUT2D eigenvalue weighted by Gasteiger charge is 2.22. The van der Waals surface area contributed by atoms with Crippen molar-refractivity contribution in [2.75, 3.05) is 10.6 Å². The van der Waals surface area contributed by atoms with Crippen molar-refractivity contribution in [2.24, 2.45) is 5.73 Å². The Bertz CT molecular complexity index is 832. The predicted molar refractivity (Wildman–Crippen MR) is 98.8 cm³/mol. The summed E-state index contributed by atoms with van der Waals surface area (Å²) in [5.41, 5.74) is 7.99. The van der Waals surface area contributed by atoms with Crippen LogP contribution in [0.25, 0.3) is 11.4 Å². The van der Waals surface area contributed by atoms with Crippen molar-refractivity contribution >= 4 is 17.5 Å². The summed E-state index contributed by atoms with van der Waals surface area (Å²) in [5.74, 6) is 1.88. The molecule has 2 atom stereocenters. The number of benzene rings is 1. The number of nitrogens with zero attached hydrogens (tertiary/aromatic N) is 5. The summed E-state index contributed by atoms with van der Waals surface area (Å²) < 4.78 is 0. The van der Waals surface area contributed by atoms with E-state index in [1.807, 2.05) is 30.3 Å². The molecular formula is C17H21N9. The van der Waals surface area contributed by atoms with Gasteiger partial charge in [-0.25, -0.2) is 4.98 Å². The summed E-state index contributed by atoms with van der Waals surface area (Å²) in [6, 6.07) is 9.95. The van der Waals surface area contributed by atoms with Crippen LogP contribution in [-0.2, 0) is 0 Å². The van der Waals surface area contributed by atoms with Crippen LogP contribution >= 0.6 is 0 Å². The number of rotatable bonds is 5. The highest BCUT2D eigenvalue weighted by Crippen LogP contribution is 2.22. The quantitative estimate of drug-likeness (QED) is 0.549. The summed E-state index contributed by atoms with van der Waals surface area (Å²) in [6.45, 7) is 0. The van der Waals surface area contributed by atoms with E-state index in [-0.39, 0.29) is 12.1 Å². The second kappa shape index (κ2) is 7.44. The van der Waals surface area contributed by atoms with Crippen molar-refractivity contribution in [1.29, 1.82) is 0 Å². The van der Waals surface area contributed by atoms with Crippen LogP contribution in [0.2, 0.25) is 0 Å². The molecule has 3 aromatic rings. The van der Waals surface area contributed by atoms with Gasteiger partial charge in [-0.3, -0.25) is 0 Å². The van der Waals surface area contributed by atoms with Crippen LogP contribution in [0.15, 0.2) is 36.5 Å². The van der Waals surface area contributed by atoms with Crippen molar-refractivity contribution in [1.82, 2.24) is 30.6 Å². The zero-order valence-electron chi connectivity index (χ0n) is 14.3. The molecule has 9 nitrogen and oxygen atoms in total. The molecule has 1 fully saturated rings. The fraction of sp³-hybridized carbons (Fsp3) is 0.353. The predicted octanol–water partition coefficient (Wildman–Crippen LogP) is 2.08. The third-order valence-corrected chi connectivity index (χ3v) is 4.55. The van der Waals surface area contributed by atoms with Gasteiger partial charge in [0.25, 0.3) is 0 Å². The molecule has 0 spiro atoms. The van der Waals surface area contributed by atoms with Gasteiger partial charge in [0.05, 0.1) is 0 Å². The van der Waals surface area contributed by atoms with Crippen molar-refractivity contribution in [3.05, 3.63) is 36.5 Å². The molecule has 0 saturated heterocycles. The number of anilines is 3. The second-order valence-corrected chi connectivity index (χ2v) is 6.40. The van der Waals surface area contributed by atoms with Gasteiger partial charge in [-0.05, 0) is 48.4 Å². The van der Waals surface area contributed by atoms with Crippen LogP contribution in [0.1, 0.15) is 25.7 Å². The first kappa shape index (κ1) is 16.4. The molecule has 134 valence electrons. The fourth-order valence-corrected chi connectivity index (χ4v) is 3.14. The lowest BCUT2D eigenvalue weighted by Gasteiger charge is -2.29. The summed E-state index contributed by atoms with van der Waals surface area (Å²) in [6.07, 6.45) is 6.22. The minimum atomic E-state index is 0.154. The van der Waals surface area contributed by atoms with E-state index in [0.717, 1.165) is 29.9 Å². The van der Waals surface area contributed by atoms with Crippen molar-refractivity contribution < 1.29 is 0 Å². The summed E-state index contributed by atoms with van der Waals surface area (Å²) in [4.78, 5) is 8.85. The number of H-pyrrole nitrogens is 1. The third kappa shape index (κ3) is 3.77. The zero-order valence-corrected chi connectivity index (χ0v) is 14.3. The van der Waals surface area contributed by atoms with Crippen LogP contribution in [0.5, 0.6) is 0 Å². The summed E-state index contributed by atoms with van der Waals surface area (Å²) >= 11 is 0. The van der Waals surface area contributed by atoms with Crippen molar-refractivity contribution in [2.45, 2.75) is 37.8 Å². The average molecular weight is 351 g/mol. The molecule has 9 heteroatoms. The average Bonchev–Trinajstić information content (AvgIpc) is 3.19. The number of nitrogens with two attached hydrogens (primary N) is 1. The Morgan fingerprint density at radius 1 is 1.08 bits per heavy atom. The first-order valence-corrected chi connectivity index (χ1v) is 8.74. The van der Waals surface area contributed by atoms with E-state index in [1.165, 1.54) is 12.8 Å². The van der Waals surface area contributed by atoms with E-state index in [0.29, 0.717) is 11.8 Å². The smallest absolute Gasteiger partial charge is 0.224 e. The molecule has 1 aliphatic carbocycles. The Morgan fingerprint density at radius 3 is 2.69 bits per heavy atom. The van der Waals surface area contributed by atoms with Gasteiger partial charge >= 0.3 is 0 Å². The van der Waals surface area contributed by atoms with Crippen molar-refractivity contribution in [3.8, 4) is 11.4 Å². The topological polar surface area (TPSA) is 130 Å². The van der Waals surface area contributed by atoms with E-state index >= 15 is 0 Å². The second-order valence-electron chi connectivity index (χ2n) is 6.40. The van der Waals surface area contributed by atoms with Gasteiger partial charge in [-0.15, -0.1) is 10.2 Å². The molecule has 0 amide bonds. The lowest BCUT2D eigenvalue weighted by atomic mass is 9.91. The molecular weight excluding hydrogens is 330 g/mol. The largest absolute Gasteiger partial charge is 0.350 e. The van der Waals surface area contributed by atoms with E-state index < -0.39 is 0 Å². The van der Waals surface area contributed by atoms with E-state index in [2.05, 4.69) is 41.2 Å². The number of hydrogen-bond acceptors (Lipinski definition) is 8. The maximum absolute atomic E-state index is 6.19. The van der Waals surface area contributed by atoms with Gasteiger partial charge < -0.3 is 16.4 Å². The fourth-order valence-electron chi connectivity index (χ4n) is 3.14. The number of aromatic nitrogens is 6. The molecule has 4 rings (SSSR count). The van der Waals surface area contributed by atoms with Crippen LogP contribution < -0.4 is 16.4 Å². The highest BCUT2D eigenvalue weighted by molar-refractivity contribution is 5.63. The lowest BCUT2D eigenvalue weighted by molar-refractivity contribution is 0.402. The molecule has 2 aromatic heterocycles. The monoisotopic (exact) mass is 351 g/mol. The third-order valence-electron chi connectivity index (χ3n) is 4.55. The Labute approximate surface area is 150 Å². The molecule has 0 aliphatic heterocycles. The van der Waals surface area contributed by atoms with Gasteiger partial charge in [0.1, 0.15) is 5.82 Å². The van der Waals surface area contributed by atoms with Gasteiger partial charge in [0.2, 0.25) is 11.8 Å². The maximum Gasteiger partial charge on any atom is 0.224 e. The molecule has 0 bridgehead atoms. The molecule has 1 aromatic carbocycles. The molecule has 0 radical (unpaired) electrons. The number of hydrogen-bond donors (Lipinski definition) is 4. The van der Waals surface area contributed by atoms with E-state index in [1.54, 1.807) is 6.20 Å². The van der Waals surface area contributed by atoms with Crippen LogP contribution in [0, 0.1) is 0 Å². The van der Waals surface area contributed by atoms with Gasteiger partial charge in [-0.1, -0.05) is 12.8 Å². The van der Waals surface area contributed by atoms with Gasteiger partial charge in [-0.2, -0.15) is 10.2 Å². The minimum Gasteiger partial charge on any atom is -0.350 e. The maximum atomic E-state index is 6.19. The molecule has 26 heavy (non-hydrogen) atoms. The number of tetrazole rings is 1. The molecule has 1 saturated carbocycles. The van der Waals surface area contributed by atoms with Crippen molar-refractivity contribution in [3.63, 3.8) is 0 Å². The Morgan fingerprint density at radius 2 is 1.92 bits per heavy atom. The molecule has 1 aliphatic rings. The molecule has 2 heterocycles. The minimum absolute atomic E-state index is 0.154. The van der Waals surface area contributed by atoms with Gasteiger partial charge in [0.15, 0.2) is 0 Å². The highest BCUT2D eigenvalue weighted by atomic mass is 15.5. The SMILES string of the molecule is N[C@H]1CCCC[C@H]1Nc1nccc(Nc2ccc(-c3nn[nH]n3)cc2)n1. The summed E-state index contributed by atoms with van der Waals surface area (Å²) in [5, 5.41) is 20.6. The number of nitrogens with one attached hydrogen (secondary N) is 3. The van der Waals surface area contributed by atoms with Crippen LogP contribution in [0.3, 0.4) is 0 Å². The first-order chi connectivity index (χ1) is 12.8. The van der Waals surface area contributed by atoms with Crippen LogP contribution in [-0.4, -0.2) is 42.7 Å². The molecule has 0 unspecified atom stereocenters. The Hall–Kier alpha value is -3.07. The van der Waals surface area contributed by atoms with Crippen LogP contribution in [0.4, 0.5) is 17.5 Å². The Balaban J connectivity index is 1.43. The normalized spacial score (nSPS) is 19.9. The first-order valence-electron chi connectivity index (χ1n) is 8.74. The number of aromatic amines is 1. The standard InChI is InChI=1S/C17H21N9/c18-13-3-1-2-4-14(13)21-17-19-10-9-15(22-17)20-12-7-5-11(6-8-12)16-23-25-26-24-16/h5-10,13-14H,1-4,18H2,(H2,19,20,21,22)(H,23,24,25,26)/t13-,14+/m0/s1. The molecule has 5 N–H and O–H groups in total. The van der Waals surface area contributed by atoms with E-state index in [9.17, 15) is 0 Å². The summed E-state index contributed by atoms with van der Waals surface area (Å²) in [7, 11) is 0. The lowest BCUT2D eigenvalue weighted by Crippen LogP contribution is -2.42. The van der Waals surface area contributed by atoms with E-state index in [4.69, 9.17) is 5.73 Å².